The molecule has 0 aromatic carbocycles. The fourth-order valence-electron chi connectivity index (χ4n) is 8.25. The third-order valence-electron chi connectivity index (χ3n) is 12.6. The summed E-state index contributed by atoms with van der Waals surface area (Å²) in [6.07, 6.45) is 66.7. The number of esters is 3. The summed E-state index contributed by atoms with van der Waals surface area (Å²) in [5.41, 5.74) is 0. The van der Waals surface area contributed by atoms with Crippen molar-refractivity contribution in [3.05, 3.63) is 48.6 Å². The Morgan fingerprint density at radius 3 is 0.833 bits per heavy atom. The van der Waals surface area contributed by atoms with Gasteiger partial charge in [-0.25, -0.2) is 0 Å². The summed E-state index contributed by atoms with van der Waals surface area (Å²) in [5, 5.41) is 0. The van der Waals surface area contributed by atoms with Crippen LogP contribution in [-0.4, -0.2) is 37.2 Å². The number of rotatable bonds is 52. The highest BCUT2D eigenvalue weighted by molar-refractivity contribution is 5.71. The van der Waals surface area contributed by atoms with Crippen LogP contribution < -0.4 is 0 Å². The molecule has 1 atom stereocenters. The molecular weight excluding hydrogens is 817 g/mol. The summed E-state index contributed by atoms with van der Waals surface area (Å²) in [6, 6.07) is 0. The summed E-state index contributed by atoms with van der Waals surface area (Å²) >= 11 is 0. The molecule has 0 aliphatic rings. The van der Waals surface area contributed by atoms with Gasteiger partial charge in [0.2, 0.25) is 0 Å². The van der Waals surface area contributed by atoms with Crippen molar-refractivity contribution in [2.24, 2.45) is 0 Å². The van der Waals surface area contributed by atoms with E-state index in [9.17, 15) is 14.4 Å². The van der Waals surface area contributed by atoms with Crippen LogP contribution in [0.5, 0.6) is 0 Å². The largest absolute Gasteiger partial charge is 0.462 e. The zero-order chi connectivity index (χ0) is 47.9. The lowest BCUT2D eigenvalue weighted by Gasteiger charge is -2.18. The molecule has 1 unspecified atom stereocenters. The molecule has 0 fully saturated rings. The maximum atomic E-state index is 12.8. The molecule has 0 N–H and O–H groups in total. The number of carbonyl (C=O) groups excluding carboxylic acids is 3. The van der Waals surface area contributed by atoms with Gasteiger partial charge in [0, 0.05) is 19.3 Å². The van der Waals surface area contributed by atoms with Crippen molar-refractivity contribution in [2.75, 3.05) is 13.2 Å². The zero-order valence-electron chi connectivity index (χ0n) is 44.0. The van der Waals surface area contributed by atoms with Crippen LogP contribution in [0.2, 0.25) is 0 Å². The average molecular weight is 926 g/mol. The minimum atomic E-state index is -0.780. The Balaban J connectivity index is 4.34. The van der Waals surface area contributed by atoms with Gasteiger partial charge < -0.3 is 14.2 Å². The third kappa shape index (κ3) is 52.3. The van der Waals surface area contributed by atoms with Gasteiger partial charge in [-0.15, -0.1) is 0 Å². The van der Waals surface area contributed by atoms with Gasteiger partial charge in [0.25, 0.3) is 0 Å². The number of carbonyl (C=O) groups is 3. The van der Waals surface area contributed by atoms with Crippen LogP contribution in [0.1, 0.15) is 297 Å². The Morgan fingerprint density at radius 2 is 0.530 bits per heavy atom. The first-order chi connectivity index (χ1) is 32.5. The maximum Gasteiger partial charge on any atom is 0.306 e. The van der Waals surface area contributed by atoms with Crippen molar-refractivity contribution in [1.82, 2.24) is 0 Å². The van der Waals surface area contributed by atoms with Gasteiger partial charge in [0.15, 0.2) is 6.10 Å². The minimum Gasteiger partial charge on any atom is -0.462 e. The number of allylic oxidation sites excluding steroid dienone is 8. The molecule has 0 bridgehead atoms. The highest BCUT2D eigenvalue weighted by atomic mass is 16.6. The second kappa shape index (κ2) is 55.0. The third-order valence-corrected chi connectivity index (χ3v) is 12.6. The molecule has 0 saturated carbocycles. The molecule has 0 spiro atoms. The fraction of sp³-hybridized carbons (Fsp3) is 0.817. The van der Waals surface area contributed by atoms with E-state index in [-0.39, 0.29) is 31.1 Å². The van der Waals surface area contributed by atoms with Crippen LogP contribution in [0.3, 0.4) is 0 Å². The quantitative estimate of drug-likeness (QED) is 0.0262. The lowest BCUT2D eigenvalue weighted by atomic mass is 10.1. The molecule has 0 saturated heterocycles. The molecule has 384 valence electrons. The molecule has 0 heterocycles. The summed E-state index contributed by atoms with van der Waals surface area (Å²) in [6.45, 7) is 6.61. The van der Waals surface area contributed by atoms with Crippen LogP contribution in [0, 0.1) is 0 Å². The number of hydrogen-bond donors (Lipinski definition) is 0. The first-order valence-corrected chi connectivity index (χ1v) is 28.7. The first-order valence-electron chi connectivity index (χ1n) is 28.7. The molecule has 0 aliphatic heterocycles. The van der Waals surface area contributed by atoms with Crippen molar-refractivity contribution in [3.8, 4) is 0 Å². The van der Waals surface area contributed by atoms with Gasteiger partial charge in [-0.2, -0.15) is 0 Å². The first kappa shape index (κ1) is 63.4. The van der Waals surface area contributed by atoms with E-state index >= 15 is 0 Å². The van der Waals surface area contributed by atoms with Crippen molar-refractivity contribution in [2.45, 2.75) is 303 Å². The normalized spacial score (nSPS) is 12.3. The van der Waals surface area contributed by atoms with Gasteiger partial charge >= 0.3 is 17.9 Å². The van der Waals surface area contributed by atoms with Crippen molar-refractivity contribution < 1.29 is 28.6 Å². The van der Waals surface area contributed by atoms with E-state index in [1.807, 2.05) is 0 Å². The van der Waals surface area contributed by atoms with Crippen LogP contribution in [0.15, 0.2) is 48.6 Å². The van der Waals surface area contributed by atoms with Gasteiger partial charge in [0.1, 0.15) is 13.2 Å². The van der Waals surface area contributed by atoms with Crippen LogP contribution >= 0.6 is 0 Å². The van der Waals surface area contributed by atoms with Crippen LogP contribution in [-0.2, 0) is 28.6 Å². The zero-order valence-corrected chi connectivity index (χ0v) is 44.0. The predicted octanol–water partition coefficient (Wildman–Crippen LogP) is 19.0. The topological polar surface area (TPSA) is 78.9 Å². The summed E-state index contributed by atoms with van der Waals surface area (Å²) < 4.78 is 16.8. The molecule has 0 radical (unpaired) electrons. The Labute approximate surface area is 409 Å². The molecule has 0 aromatic rings. The van der Waals surface area contributed by atoms with E-state index in [4.69, 9.17) is 14.2 Å². The molecule has 66 heavy (non-hydrogen) atoms. The monoisotopic (exact) mass is 925 g/mol. The van der Waals surface area contributed by atoms with Crippen LogP contribution in [0.25, 0.3) is 0 Å². The highest BCUT2D eigenvalue weighted by Crippen LogP contribution is 2.16. The Hall–Kier alpha value is -2.63. The van der Waals surface area contributed by atoms with E-state index in [1.165, 1.54) is 180 Å². The highest BCUT2D eigenvalue weighted by Gasteiger charge is 2.19. The molecule has 0 aliphatic carbocycles. The SMILES string of the molecule is CCCCC/C=C\C=C/CCCCCCCCCCCCC(=O)OCC(COC(=O)CCCCCCCCCCCCC)OC(=O)CCCCCCC/C=C\C=C/CCCCCCCCC. The molecule has 6 nitrogen and oxygen atoms in total. The smallest absolute Gasteiger partial charge is 0.306 e. The van der Waals surface area contributed by atoms with Gasteiger partial charge in [-0.05, 0) is 70.6 Å². The second-order valence-electron chi connectivity index (χ2n) is 19.3. The molecule has 0 aromatic heterocycles. The summed E-state index contributed by atoms with van der Waals surface area (Å²) in [5.74, 6) is -0.884. The summed E-state index contributed by atoms with van der Waals surface area (Å²) in [7, 11) is 0. The van der Waals surface area contributed by atoms with E-state index < -0.39 is 6.10 Å². The summed E-state index contributed by atoms with van der Waals surface area (Å²) in [4.78, 5) is 38.1. The lowest BCUT2D eigenvalue weighted by Crippen LogP contribution is -2.30. The average Bonchev–Trinajstić information content (AvgIpc) is 3.31. The van der Waals surface area contributed by atoms with Crippen molar-refractivity contribution in [1.29, 1.82) is 0 Å². The Bertz CT molecular complexity index is 1150. The van der Waals surface area contributed by atoms with Crippen molar-refractivity contribution >= 4 is 17.9 Å². The van der Waals surface area contributed by atoms with Gasteiger partial charge in [-0.3, -0.25) is 14.4 Å². The van der Waals surface area contributed by atoms with E-state index in [0.29, 0.717) is 19.3 Å². The van der Waals surface area contributed by atoms with Crippen LogP contribution in [0.4, 0.5) is 0 Å². The van der Waals surface area contributed by atoms with Gasteiger partial charge in [-0.1, -0.05) is 256 Å². The Morgan fingerprint density at radius 1 is 0.303 bits per heavy atom. The van der Waals surface area contributed by atoms with Gasteiger partial charge in [0.05, 0.1) is 0 Å². The number of unbranched alkanes of at least 4 members (excludes halogenated alkanes) is 35. The fourth-order valence-corrected chi connectivity index (χ4v) is 8.25. The standard InChI is InChI=1S/C60H108O6/c1-4-7-10-13-16-19-22-24-26-28-30-32-33-35-38-41-44-47-50-53-59(62)65-56-57(55-64-58(61)52-49-46-43-40-37-21-18-15-12-9-6-3)66-60(63)54-51-48-45-42-39-36-34-31-29-27-25-23-20-17-14-11-8-5-2/h16,19,22,24,27,29,31,34,57H,4-15,17-18,20-21,23,25-26,28,30,32-33,35-56H2,1-3H3/b19-16-,24-22-,29-27-,34-31-. The second-order valence-corrected chi connectivity index (χ2v) is 19.3. The number of ether oxygens (including phenoxy) is 3. The van der Waals surface area contributed by atoms with E-state index in [1.54, 1.807) is 0 Å². The molecule has 6 heteroatoms. The Kier molecular flexibility index (Phi) is 52.8. The minimum absolute atomic E-state index is 0.0778. The molecular formula is C60H108O6. The maximum absolute atomic E-state index is 12.8. The lowest BCUT2D eigenvalue weighted by molar-refractivity contribution is -0.167. The van der Waals surface area contributed by atoms with E-state index in [0.717, 1.165) is 77.0 Å². The molecule has 0 amide bonds. The molecule has 0 rings (SSSR count). The predicted molar refractivity (Wildman–Crippen MR) is 284 cm³/mol. The van der Waals surface area contributed by atoms with E-state index in [2.05, 4.69) is 69.4 Å². The number of hydrogen-bond acceptors (Lipinski definition) is 6. The van der Waals surface area contributed by atoms with Crippen molar-refractivity contribution in [3.63, 3.8) is 0 Å².